The summed E-state index contributed by atoms with van der Waals surface area (Å²) in [7, 11) is 1.62. The van der Waals surface area contributed by atoms with E-state index < -0.39 is 0 Å². The Labute approximate surface area is 195 Å². The van der Waals surface area contributed by atoms with Gasteiger partial charge >= 0.3 is 0 Å². The number of ether oxygens (including phenoxy) is 1. The summed E-state index contributed by atoms with van der Waals surface area (Å²) in [6, 6.07) is 15.1. The second kappa shape index (κ2) is 10.0. The lowest BCUT2D eigenvalue weighted by molar-refractivity contribution is -0.115. The zero-order chi connectivity index (χ0) is 23.2. The molecule has 0 radical (unpaired) electrons. The summed E-state index contributed by atoms with van der Waals surface area (Å²) < 4.78 is 5.17. The van der Waals surface area contributed by atoms with Gasteiger partial charge < -0.3 is 15.4 Å². The van der Waals surface area contributed by atoms with Crippen molar-refractivity contribution >= 4 is 45.6 Å². The number of amides is 1. The molecule has 9 nitrogen and oxygen atoms in total. The quantitative estimate of drug-likeness (QED) is 0.348. The predicted octanol–water partition coefficient (Wildman–Crippen LogP) is 4.62. The van der Waals surface area contributed by atoms with Crippen LogP contribution in [0.4, 0.5) is 28.4 Å². The van der Waals surface area contributed by atoms with Crippen molar-refractivity contribution in [2.24, 2.45) is 0 Å². The lowest BCUT2D eigenvalue weighted by Crippen LogP contribution is -2.13. The van der Waals surface area contributed by atoms with Crippen LogP contribution in [0.3, 0.4) is 0 Å². The maximum absolute atomic E-state index is 12.3. The van der Waals surface area contributed by atoms with Crippen LogP contribution >= 0.6 is 11.3 Å². The van der Waals surface area contributed by atoms with E-state index in [1.165, 1.54) is 11.3 Å². The highest BCUT2D eigenvalue weighted by atomic mass is 32.1. The average Bonchev–Trinajstić information content (AvgIpc) is 3.22. The van der Waals surface area contributed by atoms with E-state index in [4.69, 9.17) is 4.74 Å². The van der Waals surface area contributed by atoms with Gasteiger partial charge in [0.15, 0.2) is 5.13 Å². The van der Waals surface area contributed by atoms with Crippen molar-refractivity contribution in [2.75, 3.05) is 23.1 Å². The van der Waals surface area contributed by atoms with E-state index in [9.17, 15) is 4.79 Å². The smallest absolute Gasteiger partial charge is 0.234 e. The normalized spacial score (nSPS) is 10.5. The van der Waals surface area contributed by atoms with Crippen LogP contribution in [-0.4, -0.2) is 33.0 Å². The number of hydrogen-bond donors (Lipinski definition) is 3. The molecule has 0 aliphatic carbocycles. The van der Waals surface area contributed by atoms with Crippen molar-refractivity contribution in [1.82, 2.24) is 19.9 Å². The number of nitrogens with zero attached hydrogens (tertiary/aromatic N) is 4. The maximum Gasteiger partial charge on any atom is 0.234 e. The van der Waals surface area contributed by atoms with E-state index in [2.05, 4.69) is 35.9 Å². The van der Waals surface area contributed by atoms with Crippen molar-refractivity contribution < 1.29 is 9.53 Å². The molecule has 4 aromatic rings. The zero-order valence-corrected chi connectivity index (χ0v) is 19.2. The Morgan fingerprint density at radius 1 is 0.909 bits per heavy atom. The van der Waals surface area contributed by atoms with Gasteiger partial charge in [0.2, 0.25) is 17.8 Å². The van der Waals surface area contributed by atoms with Gasteiger partial charge in [0.25, 0.3) is 0 Å². The summed E-state index contributed by atoms with van der Waals surface area (Å²) in [5.74, 6) is 1.99. The molecule has 0 aliphatic heterocycles. The zero-order valence-electron chi connectivity index (χ0n) is 18.4. The first-order valence-electron chi connectivity index (χ1n) is 10.2. The van der Waals surface area contributed by atoms with Crippen LogP contribution in [0.5, 0.6) is 5.75 Å². The van der Waals surface area contributed by atoms with Gasteiger partial charge in [-0.3, -0.25) is 10.1 Å². The van der Waals surface area contributed by atoms with Crippen molar-refractivity contribution in [3.05, 3.63) is 71.0 Å². The lowest BCUT2D eigenvalue weighted by atomic mass is 10.2. The summed E-state index contributed by atoms with van der Waals surface area (Å²) in [6.45, 7) is 3.79. The van der Waals surface area contributed by atoms with Gasteiger partial charge in [-0.05, 0) is 50.2 Å². The number of nitrogens with one attached hydrogen (secondary N) is 3. The maximum atomic E-state index is 12.3. The molecule has 0 bridgehead atoms. The highest BCUT2D eigenvalue weighted by Crippen LogP contribution is 2.23. The number of carbonyl (C=O) groups is 1. The van der Waals surface area contributed by atoms with Crippen molar-refractivity contribution in [3.63, 3.8) is 0 Å². The molecule has 3 N–H and O–H groups in total. The van der Waals surface area contributed by atoms with Gasteiger partial charge in [0.05, 0.1) is 13.5 Å². The van der Waals surface area contributed by atoms with Gasteiger partial charge in [0.1, 0.15) is 11.6 Å². The Balaban J connectivity index is 1.38. The van der Waals surface area contributed by atoms with Crippen LogP contribution < -0.4 is 20.7 Å². The third kappa shape index (κ3) is 6.23. The highest BCUT2D eigenvalue weighted by Gasteiger charge is 2.11. The minimum atomic E-state index is -0.101. The molecule has 10 heteroatoms. The molecule has 1 amide bonds. The molecular formula is C23H23N7O2S. The molecule has 0 spiro atoms. The molecule has 33 heavy (non-hydrogen) atoms. The van der Waals surface area contributed by atoms with Crippen LogP contribution in [0.1, 0.15) is 16.3 Å². The number of aryl methyl sites for hydroxylation is 2. The Kier molecular flexibility index (Phi) is 6.75. The second-order valence-corrected chi connectivity index (χ2v) is 8.35. The number of aromatic nitrogens is 4. The molecule has 2 heterocycles. The number of thiazole rings is 1. The monoisotopic (exact) mass is 461 g/mol. The Morgan fingerprint density at radius 3 is 2.27 bits per heavy atom. The summed E-state index contributed by atoms with van der Waals surface area (Å²) in [5, 5.41) is 9.73. The molecule has 0 saturated carbocycles. The standard InChI is InChI=1S/C23H23N7O2S/c1-14-4-6-16(7-5-14)27-20(31)12-19-13-24-23(33-19)30-22-26-15(2)25-21(29-22)28-17-8-10-18(32-3)11-9-17/h4-11,13H,12H2,1-3H3,(H,27,31)(H2,24,25,26,28,29,30). The summed E-state index contributed by atoms with van der Waals surface area (Å²) >= 11 is 1.37. The van der Waals surface area contributed by atoms with E-state index in [0.29, 0.717) is 22.9 Å². The van der Waals surface area contributed by atoms with Crippen LogP contribution in [-0.2, 0) is 11.2 Å². The topological polar surface area (TPSA) is 114 Å². The minimum absolute atomic E-state index is 0.101. The van der Waals surface area contributed by atoms with Gasteiger partial charge in [-0.2, -0.15) is 15.0 Å². The first-order valence-corrected chi connectivity index (χ1v) is 11.0. The third-order valence-electron chi connectivity index (χ3n) is 4.54. The van der Waals surface area contributed by atoms with Crippen molar-refractivity contribution in [1.29, 1.82) is 0 Å². The van der Waals surface area contributed by atoms with E-state index in [0.717, 1.165) is 27.6 Å². The molecule has 2 aromatic carbocycles. The number of benzene rings is 2. The molecule has 0 aliphatic rings. The fourth-order valence-corrected chi connectivity index (χ4v) is 3.74. The fraction of sp³-hybridized carbons (Fsp3) is 0.174. The first-order chi connectivity index (χ1) is 16.0. The number of methoxy groups -OCH3 is 1. The molecular weight excluding hydrogens is 438 g/mol. The van der Waals surface area contributed by atoms with E-state index in [-0.39, 0.29) is 12.3 Å². The Bertz CT molecular complexity index is 1240. The third-order valence-corrected chi connectivity index (χ3v) is 5.45. The van der Waals surface area contributed by atoms with Crippen LogP contribution in [0.25, 0.3) is 0 Å². The molecule has 2 aromatic heterocycles. The SMILES string of the molecule is COc1ccc(Nc2nc(C)nc(Nc3ncc(CC(=O)Nc4ccc(C)cc4)s3)n2)cc1. The second-order valence-electron chi connectivity index (χ2n) is 7.23. The predicted molar refractivity (Wildman–Crippen MR) is 130 cm³/mol. The number of rotatable bonds is 8. The number of carbonyl (C=O) groups excluding carboxylic acids is 1. The van der Waals surface area contributed by atoms with Crippen LogP contribution in [0.15, 0.2) is 54.7 Å². The van der Waals surface area contributed by atoms with Gasteiger partial charge in [0, 0.05) is 22.4 Å². The summed E-state index contributed by atoms with van der Waals surface area (Å²) in [6.07, 6.45) is 1.90. The van der Waals surface area contributed by atoms with Crippen molar-refractivity contribution in [2.45, 2.75) is 20.3 Å². The molecule has 4 rings (SSSR count). The lowest BCUT2D eigenvalue weighted by Gasteiger charge is -2.08. The average molecular weight is 462 g/mol. The Hall–Kier alpha value is -4.05. The molecule has 0 unspecified atom stereocenters. The summed E-state index contributed by atoms with van der Waals surface area (Å²) in [4.78, 5) is 30.6. The largest absolute Gasteiger partial charge is 0.497 e. The minimum Gasteiger partial charge on any atom is -0.497 e. The first kappa shape index (κ1) is 22.2. The van der Waals surface area contributed by atoms with Gasteiger partial charge in [-0.1, -0.05) is 17.7 Å². The van der Waals surface area contributed by atoms with E-state index in [1.54, 1.807) is 20.2 Å². The van der Waals surface area contributed by atoms with Crippen LogP contribution in [0.2, 0.25) is 0 Å². The number of anilines is 5. The fourth-order valence-electron chi connectivity index (χ4n) is 2.94. The highest BCUT2D eigenvalue weighted by molar-refractivity contribution is 7.15. The summed E-state index contributed by atoms with van der Waals surface area (Å²) in [5.41, 5.74) is 2.73. The Morgan fingerprint density at radius 2 is 1.58 bits per heavy atom. The van der Waals surface area contributed by atoms with Gasteiger partial charge in [-0.25, -0.2) is 4.98 Å². The molecule has 0 atom stereocenters. The van der Waals surface area contributed by atoms with Gasteiger partial charge in [-0.15, -0.1) is 11.3 Å². The van der Waals surface area contributed by atoms with E-state index >= 15 is 0 Å². The van der Waals surface area contributed by atoms with Crippen LogP contribution in [0, 0.1) is 13.8 Å². The van der Waals surface area contributed by atoms with E-state index in [1.807, 2.05) is 55.5 Å². The molecule has 0 fully saturated rings. The number of hydrogen-bond acceptors (Lipinski definition) is 9. The molecule has 168 valence electrons. The molecule has 0 saturated heterocycles. The van der Waals surface area contributed by atoms with Crippen molar-refractivity contribution in [3.8, 4) is 5.75 Å².